The van der Waals surface area contributed by atoms with Crippen LogP contribution in [0.2, 0.25) is 5.02 Å². The first-order valence-electron chi connectivity index (χ1n) is 9.14. The number of sulfonamides is 1. The smallest absolute Gasteiger partial charge is 0.257 e. The second-order valence-corrected chi connectivity index (χ2v) is 9.77. The zero-order valence-electron chi connectivity index (χ0n) is 15.7. The van der Waals surface area contributed by atoms with Crippen LogP contribution in [0.4, 0.5) is 5.13 Å². The Morgan fingerprint density at radius 1 is 1.07 bits per heavy atom. The molecule has 30 heavy (non-hydrogen) atoms. The van der Waals surface area contributed by atoms with Gasteiger partial charge >= 0.3 is 0 Å². The molecule has 156 valence electrons. The molecule has 1 fully saturated rings. The van der Waals surface area contributed by atoms with E-state index in [1.165, 1.54) is 39.9 Å². The van der Waals surface area contributed by atoms with Crippen molar-refractivity contribution < 1.29 is 17.9 Å². The van der Waals surface area contributed by atoms with E-state index in [0.717, 1.165) is 11.3 Å². The van der Waals surface area contributed by atoms with E-state index >= 15 is 0 Å². The zero-order valence-corrected chi connectivity index (χ0v) is 18.1. The number of carbonyl (C=O) groups excluding carboxylic acids is 1. The maximum Gasteiger partial charge on any atom is 0.257 e. The number of rotatable bonds is 5. The maximum atomic E-state index is 12.7. The van der Waals surface area contributed by atoms with E-state index in [9.17, 15) is 13.2 Å². The van der Waals surface area contributed by atoms with E-state index in [1.54, 1.807) is 12.1 Å². The van der Waals surface area contributed by atoms with Crippen molar-refractivity contribution in [2.75, 3.05) is 31.6 Å². The third-order valence-electron chi connectivity index (χ3n) is 4.59. The summed E-state index contributed by atoms with van der Waals surface area (Å²) >= 11 is 7.21. The van der Waals surface area contributed by atoms with Gasteiger partial charge in [0, 0.05) is 34.6 Å². The monoisotopic (exact) mass is 463 g/mol. The highest BCUT2D eigenvalue weighted by molar-refractivity contribution is 7.89. The van der Waals surface area contributed by atoms with Crippen LogP contribution in [0.1, 0.15) is 10.4 Å². The molecule has 0 radical (unpaired) electrons. The molecule has 1 amide bonds. The van der Waals surface area contributed by atoms with Gasteiger partial charge in [-0.1, -0.05) is 23.7 Å². The number of carbonyl (C=O) groups is 1. The molecule has 0 bridgehead atoms. The fourth-order valence-electron chi connectivity index (χ4n) is 2.97. The number of amides is 1. The summed E-state index contributed by atoms with van der Waals surface area (Å²) in [4.78, 5) is 17.1. The molecule has 1 aliphatic rings. The molecule has 0 saturated carbocycles. The quantitative estimate of drug-likeness (QED) is 0.622. The Labute approximate surface area is 183 Å². The molecule has 0 spiro atoms. The van der Waals surface area contributed by atoms with Crippen molar-refractivity contribution >= 4 is 44.0 Å². The Kier molecular flexibility index (Phi) is 6.16. The first kappa shape index (κ1) is 21.0. The summed E-state index contributed by atoms with van der Waals surface area (Å²) < 4.78 is 31.9. The molecule has 7 nitrogen and oxygen atoms in total. The van der Waals surface area contributed by atoms with Gasteiger partial charge in [-0.25, -0.2) is 13.4 Å². The van der Waals surface area contributed by atoms with Gasteiger partial charge in [0.05, 0.1) is 23.8 Å². The highest BCUT2D eigenvalue weighted by Crippen LogP contribution is 2.26. The lowest BCUT2D eigenvalue weighted by Crippen LogP contribution is -2.40. The predicted molar refractivity (Wildman–Crippen MR) is 117 cm³/mol. The van der Waals surface area contributed by atoms with Crippen molar-refractivity contribution in [3.63, 3.8) is 0 Å². The normalized spacial score (nSPS) is 15.1. The molecule has 1 N–H and O–H groups in total. The van der Waals surface area contributed by atoms with Gasteiger partial charge in [0.1, 0.15) is 0 Å². The number of halogens is 1. The number of anilines is 1. The Hall–Kier alpha value is -2.30. The van der Waals surface area contributed by atoms with E-state index in [0.29, 0.717) is 42.0 Å². The van der Waals surface area contributed by atoms with Gasteiger partial charge in [-0.2, -0.15) is 4.31 Å². The van der Waals surface area contributed by atoms with Crippen molar-refractivity contribution in [1.29, 1.82) is 0 Å². The molecule has 0 atom stereocenters. The summed E-state index contributed by atoms with van der Waals surface area (Å²) in [6, 6.07) is 13.2. The van der Waals surface area contributed by atoms with Crippen molar-refractivity contribution in [1.82, 2.24) is 9.29 Å². The van der Waals surface area contributed by atoms with Crippen LogP contribution in [0.3, 0.4) is 0 Å². The van der Waals surface area contributed by atoms with Crippen LogP contribution in [0.5, 0.6) is 0 Å². The summed E-state index contributed by atoms with van der Waals surface area (Å²) in [5, 5.41) is 5.69. The number of hydrogen-bond donors (Lipinski definition) is 1. The van der Waals surface area contributed by atoms with Gasteiger partial charge in [-0.15, -0.1) is 11.3 Å². The summed E-state index contributed by atoms with van der Waals surface area (Å²) in [6.07, 6.45) is 0. The minimum atomic E-state index is -3.59. The number of ether oxygens (including phenoxy) is 1. The Bertz CT molecular complexity index is 1140. The first-order valence-corrected chi connectivity index (χ1v) is 11.8. The first-order chi connectivity index (χ1) is 14.4. The number of benzene rings is 2. The van der Waals surface area contributed by atoms with Crippen LogP contribution in [0.25, 0.3) is 11.3 Å². The Morgan fingerprint density at radius 2 is 1.73 bits per heavy atom. The third-order valence-corrected chi connectivity index (χ3v) is 7.51. The number of nitrogens with one attached hydrogen (secondary N) is 1. The van der Waals surface area contributed by atoms with Crippen molar-refractivity contribution in [2.45, 2.75) is 4.90 Å². The molecule has 0 aliphatic carbocycles. The average molecular weight is 464 g/mol. The molecule has 10 heteroatoms. The molecule has 4 rings (SSSR count). The van der Waals surface area contributed by atoms with Crippen LogP contribution in [0.15, 0.2) is 58.8 Å². The van der Waals surface area contributed by atoms with Gasteiger partial charge in [0.25, 0.3) is 5.91 Å². The number of hydrogen-bond acceptors (Lipinski definition) is 6. The zero-order chi connectivity index (χ0) is 21.1. The standard InChI is InChI=1S/C20H18ClN3O4S2/c21-16-5-1-14(2-6-16)18-13-29-20(22-18)23-19(25)15-3-7-17(8-4-15)30(26,27)24-9-11-28-12-10-24/h1-8,13H,9-12H2,(H,22,23,25). The van der Waals surface area contributed by atoms with Crippen LogP contribution in [-0.4, -0.2) is 49.9 Å². The second kappa shape index (κ2) is 8.83. The Morgan fingerprint density at radius 3 is 2.40 bits per heavy atom. The van der Waals surface area contributed by atoms with Gasteiger partial charge in [0.2, 0.25) is 10.0 Å². The summed E-state index contributed by atoms with van der Waals surface area (Å²) in [5.74, 6) is -0.359. The summed E-state index contributed by atoms with van der Waals surface area (Å²) in [6.45, 7) is 1.41. The van der Waals surface area contributed by atoms with Crippen LogP contribution in [0, 0.1) is 0 Å². The fraction of sp³-hybridized carbons (Fsp3) is 0.200. The van der Waals surface area contributed by atoms with E-state index in [1.807, 2.05) is 17.5 Å². The summed E-state index contributed by atoms with van der Waals surface area (Å²) in [7, 11) is -3.59. The molecule has 1 aromatic heterocycles. The van der Waals surface area contributed by atoms with E-state index in [4.69, 9.17) is 16.3 Å². The lowest BCUT2D eigenvalue weighted by atomic mass is 10.2. The molecular formula is C20H18ClN3O4S2. The number of thiazole rings is 1. The second-order valence-electron chi connectivity index (χ2n) is 6.54. The molecular weight excluding hydrogens is 446 g/mol. The molecule has 1 saturated heterocycles. The molecule has 2 aromatic carbocycles. The van der Waals surface area contributed by atoms with Gasteiger partial charge in [-0.05, 0) is 36.4 Å². The highest BCUT2D eigenvalue weighted by Gasteiger charge is 2.26. The topological polar surface area (TPSA) is 88.6 Å². The van der Waals surface area contributed by atoms with Gasteiger partial charge < -0.3 is 4.74 Å². The SMILES string of the molecule is O=C(Nc1nc(-c2ccc(Cl)cc2)cs1)c1ccc(S(=O)(=O)N2CCOCC2)cc1. The minimum absolute atomic E-state index is 0.153. The lowest BCUT2D eigenvalue weighted by molar-refractivity contribution is 0.0730. The van der Waals surface area contributed by atoms with Crippen molar-refractivity contribution in [3.8, 4) is 11.3 Å². The number of aromatic nitrogens is 1. The lowest BCUT2D eigenvalue weighted by Gasteiger charge is -2.26. The molecule has 3 aromatic rings. The van der Waals surface area contributed by atoms with Crippen LogP contribution in [-0.2, 0) is 14.8 Å². The predicted octanol–water partition coefficient (Wildman–Crippen LogP) is 3.74. The van der Waals surface area contributed by atoms with Crippen molar-refractivity contribution in [2.24, 2.45) is 0 Å². The molecule has 1 aliphatic heterocycles. The average Bonchev–Trinajstić information content (AvgIpc) is 3.23. The fourth-order valence-corrected chi connectivity index (χ4v) is 5.22. The van der Waals surface area contributed by atoms with E-state index in [-0.39, 0.29) is 10.8 Å². The molecule has 0 unspecified atom stereocenters. The van der Waals surface area contributed by atoms with Gasteiger partial charge in [-0.3, -0.25) is 10.1 Å². The Balaban J connectivity index is 1.45. The summed E-state index contributed by atoms with van der Waals surface area (Å²) in [5.41, 5.74) is 1.98. The van der Waals surface area contributed by atoms with E-state index in [2.05, 4.69) is 10.3 Å². The number of nitrogens with zero attached hydrogens (tertiary/aromatic N) is 2. The highest BCUT2D eigenvalue weighted by atomic mass is 35.5. The largest absolute Gasteiger partial charge is 0.379 e. The van der Waals surface area contributed by atoms with Crippen molar-refractivity contribution in [3.05, 3.63) is 64.5 Å². The molecule has 2 heterocycles. The minimum Gasteiger partial charge on any atom is -0.379 e. The number of morpholine rings is 1. The maximum absolute atomic E-state index is 12.7. The van der Waals surface area contributed by atoms with Gasteiger partial charge in [0.15, 0.2) is 5.13 Å². The van der Waals surface area contributed by atoms with Crippen LogP contribution >= 0.6 is 22.9 Å². The van der Waals surface area contributed by atoms with Crippen LogP contribution < -0.4 is 5.32 Å². The van der Waals surface area contributed by atoms with E-state index < -0.39 is 10.0 Å². The third kappa shape index (κ3) is 4.55.